The largest absolute Gasteiger partial charge is 0.316 e. The summed E-state index contributed by atoms with van der Waals surface area (Å²) in [5, 5.41) is 5.34. The van der Waals surface area contributed by atoms with Crippen LogP contribution in [0.1, 0.15) is 5.69 Å². The zero-order valence-electron chi connectivity index (χ0n) is 11.6. The van der Waals surface area contributed by atoms with Crippen molar-refractivity contribution in [1.29, 1.82) is 0 Å². The number of nitrogens with zero attached hydrogens (tertiary/aromatic N) is 2. The fraction of sp³-hybridized carbons (Fsp3) is 0.267. The topological polar surface area (TPSA) is 29.3 Å². The number of hydrogen-bond donors (Lipinski definition) is 1. The van der Waals surface area contributed by atoms with Crippen LogP contribution in [0.2, 0.25) is 0 Å². The highest BCUT2D eigenvalue weighted by atomic mass is 32.2. The Balaban J connectivity index is 1.61. The Morgan fingerprint density at radius 2 is 2.38 bits per heavy atom. The van der Waals surface area contributed by atoms with Crippen LogP contribution < -0.4 is 5.32 Å². The number of rotatable bonds is 6. The maximum Gasteiger partial charge on any atom is 0.193 e. The van der Waals surface area contributed by atoms with Gasteiger partial charge >= 0.3 is 0 Å². The lowest BCUT2D eigenvalue weighted by Crippen LogP contribution is -2.30. The number of imidazole rings is 1. The first-order valence-corrected chi connectivity index (χ1v) is 8.58. The molecule has 0 amide bonds. The Morgan fingerprint density at radius 1 is 1.48 bits per heavy atom. The van der Waals surface area contributed by atoms with Gasteiger partial charge in [-0.3, -0.25) is 4.40 Å². The molecule has 3 rings (SSSR count). The number of benzene rings is 1. The van der Waals surface area contributed by atoms with Crippen LogP contribution >= 0.6 is 23.1 Å². The van der Waals surface area contributed by atoms with Crippen LogP contribution in [-0.2, 0) is 6.42 Å². The summed E-state index contributed by atoms with van der Waals surface area (Å²) in [5.41, 5.74) is 1.08. The van der Waals surface area contributed by atoms with Crippen molar-refractivity contribution < 1.29 is 4.39 Å². The molecular formula is C15H16FN3S2. The number of halogens is 1. The summed E-state index contributed by atoms with van der Waals surface area (Å²) in [6, 6.07) is 7.03. The van der Waals surface area contributed by atoms with Crippen LogP contribution in [0.3, 0.4) is 0 Å². The molecule has 1 atom stereocenters. The van der Waals surface area contributed by atoms with Crippen molar-refractivity contribution >= 4 is 28.1 Å². The summed E-state index contributed by atoms with van der Waals surface area (Å²) in [7, 11) is 1.95. The fourth-order valence-corrected chi connectivity index (χ4v) is 3.89. The third-order valence-corrected chi connectivity index (χ3v) is 5.18. The molecule has 3 aromatic rings. The van der Waals surface area contributed by atoms with Crippen LogP contribution in [0.25, 0.3) is 4.96 Å². The molecule has 1 aromatic carbocycles. The molecule has 1 N–H and O–H groups in total. The summed E-state index contributed by atoms with van der Waals surface area (Å²) in [6.45, 7) is 0. The van der Waals surface area contributed by atoms with Crippen LogP contribution in [0.15, 0.2) is 46.9 Å². The number of aromatic nitrogens is 2. The Hall–Kier alpha value is -1.37. The molecule has 21 heavy (non-hydrogen) atoms. The predicted molar refractivity (Wildman–Crippen MR) is 86.7 cm³/mol. The van der Waals surface area contributed by atoms with E-state index in [1.807, 2.05) is 29.1 Å². The van der Waals surface area contributed by atoms with Gasteiger partial charge in [0.05, 0.1) is 5.69 Å². The average Bonchev–Trinajstić information content (AvgIpc) is 3.04. The van der Waals surface area contributed by atoms with Gasteiger partial charge in [-0.15, -0.1) is 23.1 Å². The first kappa shape index (κ1) is 14.6. The molecule has 0 aliphatic heterocycles. The molecular weight excluding hydrogens is 305 g/mol. The smallest absolute Gasteiger partial charge is 0.193 e. The summed E-state index contributed by atoms with van der Waals surface area (Å²) >= 11 is 3.30. The van der Waals surface area contributed by atoms with Crippen LogP contribution in [0.4, 0.5) is 4.39 Å². The maximum absolute atomic E-state index is 13.2. The SMILES string of the molecule is CNC(CSc1cccc(F)c1)Cc1cn2ccsc2n1. The second-order valence-electron chi connectivity index (χ2n) is 4.78. The van der Waals surface area contributed by atoms with Crippen molar-refractivity contribution in [3.63, 3.8) is 0 Å². The van der Waals surface area contributed by atoms with E-state index in [1.165, 1.54) is 6.07 Å². The molecule has 0 spiro atoms. The molecule has 0 saturated heterocycles. The van der Waals surface area contributed by atoms with Crippen molar-refractivity contribution in [2.45, 2.75) is 17.4 Å². The second-order valence-corrected chi connectivity index (χ2v) is 6.75. The molecule has 2 heterocycles. The Labute approximate surface area is 131 Å². The number of hydrogen-bond acceptors (Lipinski definition) is 4. The Bertz CT molecular complexity index is 694. The Kier molecular flexibility index (Phi) is 4.57. The third-order valence-electron chi connectivity index (χ3n) is 3.25. The van der Waals surface area contributed by atoms with E-state index in [1.54, 1.807) is 35.2 Å². The number of thiazole rings is 1. The zero-order chi connectivity index (χ0) is 14.7. The van der Waals surface area contributed by atoms with Crippen molar-refractivity contribution in [1.82, 2.24) is 14.7 Å². The van der Waals surface area contributed by atoms with Gasteiger partial charge in [0.15, 0.2) is 4.96 Å². The first-order valence-electron chi connectivity index (χ1n) is 6.71. The quantitative estimate of drug-likeness (QED) is 0.705. The highest BCUT2D eigenvalue weighted by Crippen LogP contribution is 2.21. The van der Waals surface area contributed by atoms with Crippen LogP contribution in [0, 0.1) is 5.82 Å². The molecule has 6 heteroatoms. The minimum atomic E-state index is -0.185. The van der Waals surface area contributed by atoms with Crippen LogP contribution in [0.5, 0.6) is 0 Å². The number of likely N-dealkylation sites (N-methyl/N-ethyl adjacent to an activating group) is 1. The third kappa shape index (κ3) is 3.64. The average molecular weight is 321 g/mol. The van der Waals surface area contributed by atoms with E-state index in [0.717, 1.165) is 27.7 Å². The van der Waals surface area contributed by atoms with E-state index in [2.05, 4.69) is 16.5 Å². The van der Waals surface area contributed by atoms with Gasteiger partial charge < -0.3 is 5.32 Å². The molecule has 0 aliphatic rings. The van der Waals surface area contributed by atoms with Gasteiger partial charge in [0.2, 0.25) is 0 Å². The normalized spacial score (nSPS) is 12.9. The van der Waals surface area contributed by atoms with Crippen molar-refractivity contribution in [2.24, 2.45) is 0 Å². The number of nitrogens with one attached hydrogen (secondary N) is 1. The highest BCUT2D eigenvalue weighted by molar-refractivity contribution is 7.99. The van der Waals surface area contributed by atoms with E-state index in [4.69, 9.17) is 0 Å². The van der Waals surface area contributed by atoms with E-state index >= 15 is 0 Å². The summed E-state index contributed by atoms with van der Waals surface area (Å²) in [4.78, 5) is 6.59. The van der Waals surface area contributed by atoms with Gasteiger partial charge in [0.25, 0.3) is 0 Å². The molecule has 3 nitrogen and oxygen atoms in total. The fourth-order valence-electron chi connectivity index (χ4n) is 2.12. The molecule has 2 aromatic heterocycles. The number of thioether (sulfide) groups is 1. The molecule has 110 valence electrons. The minimum absolute atomic E-state index is 0.185. The van der Waals surface area contributed by atoms with Gasteiger partial charge in [-0.2, -0.15) is 0 Å². The van der Waals surface area contributed by atoms with Crippen LogP contribution in [-0.4, -0.2) is 28.2 Å². The molecule has 0 fully saturated rings. The van der Waals surface area contributed by atoms with E-state index in [9.17, 15) is 4.39 Å². The van der Waals surface area contributed by atoms with E-state index in [-0.39, 0.29) is 5.82 Å². The summed E-state index contributed by atoms with van der Waals surface area (Å²) in [5.74, 6) is 0.695. The number of fused-ring (bicyclic) bond motifs is 1. The molecule has 0 saturated carbocycles. The monoisotopic (exact) mass is 321 g/mol. The van der Waals surface area contributed by atoms with E-state index in [0.29, 0.717) is 6.04 Å². The Morgan fingerprint density at radius 3 is 3.14 bits per heavy atom. The lowest BCUT2D eigenvalue weighted by molar-refractivity contribution is 0.610. The second kappa shape index (κ2) is 6.60. The van der Waals surface area contributed by atoms with Crippen molar-refractivity contribution in [3.8, 4) is 0 Å². The lowest BCUT2D eigenvalue weighted by atomic mass is 10.2. The van der Waals surface area contributed by atoms with Gasteiger partial charge in [-0.1, -0.05) is 6.07 Å². The van der Waals surface area contributed by atoms with Gasteiger partial charge in [-0.05, 0) is 25.2 Å². The standard InChI is InChI=1S/C15H16FN3S2/c1-17-13(10-21-14-4-2-3-11(16)7-14)8-12-9-19-5-6-20-15(19)18-12/h2-7,9,13,17H,8,10H2,1H3. The predicted octanol–water partition coefficient (Wildman–Crippen LogP) is 3.46. The molecule has 0 bridgehead atoms. The van der Waals surface area contributed by atoms with Crippen molar-refractivity contribution in [3.05, 3.63) is 53.6 Å². The summed E-state index contributed by atoms with van der Waals surface area (Å²) in [6.07, 6.45) is 4.96. The molecule has 0 radical (unpaired) electrons. The first-order chi connectivity index (χ1) is 10.2. The van der Waals surface area contributed by atoms with Gasteiger partial charge in [0.1, 0.15) is 5.82 Å². The van der Waals surface area contributed by atoms with E-state index < -0.39 is 0 Å². The van der Waals surface area contributed by atoms with Crippen molar-refractivity contribution in [2.75, 3.05) is 12.8 Å². The maximum atomic E-state index is 13.2. The lowest BCUT2D eigenvalue weighted by Gasteiger charge is -2.14. The molecule has 1 unspecified atom stereocenters. The van der Waals surface area contributed by atoms with Gasteiger partial charge in [0, 0.05) is 40.9 Å². The zero-order valence-corrected chi connectivity index (χ0v) is 13.3. The van der Waals surface area contributed by atoms with Gasteiger partial charge in [-0.25, -0.2) is 9.37 Å². The minimum Gasteiger partial charge on any atom is -0.316 e. The molecule has 0 aliphatic carbocycles. The summed E-state index contributed by atoms with van der Waals surface area (Å²) < 4.78 is 15.2. The highest BCUT2D eigenvalue weighted by Gasteiger charge is 2.11.